The fraction of sp³-hybridized carbons (Fsp3) is 0.875. The van der Waals surface area contributed by atoms with Crippen LogP contribution in [0.25, 0.3) is 0 Å². The van der Waals surface area contributed by atoms with Crippen molar-refractivity contribution in [3.63, 3.8) is 0 Å². The second-order valence-corrected chi connectivity index (χ2v) is 6.88. The van der Waals surface area contributed by atoms with E-state index in [9.17, 15) is 0 Å². The number of aromatic nitrogens is 2. The Morgan fingerprint density at radius 3 is 2.85 bits per heavy atom. The Kier molecular flexibility index (Phi) is 4.11. The molecule has 2 fully saturated rings. The molecule has 2 aliphatic rings. The Morgan fingerprint density at radius 1 is 1.30 bits per heavy atom. The summed E-state index contributed by atoms with van der Waals surface area (Å²) >= 11 is 0. The van der Waals surface area contributed by atoms with Gasteiger partial charge in [0.1, 0.15) is 0 Å². The maximum atomic E-state index is 5.50. The Bertz CT molecular complexity index is 439. The Balaban J connectivity index is 1.61. The molecule has 112 valence electrons. The monoisotopic (exact) mass is 277 g/mol. The van der Waals surface area contributed by atoms with Gasteiger partial charge >= 0.3 is 0 Å². The standard InChI is InChI=1S/C16H27N3O/c1-3-10-17-13-7-5-4-6-12(13)11-14-18-15(19-20-14)16(2)8-9-16/h12-13,17H,3-11H2,1-2H3. The van der Waals surface area contributed by atoms with Crippen LogP contribution in [0.5, 0.6) is 0 Å². The fourth-order valence-electron chi connectivity index (χ4n) is 3.27. The van der Waals surface area contributed by atoms with Crippen molar-refractivity contribution in [3.05, 3.63) is 11.7 Å². The van der Waals surface area contributed by atoms with Crippen LogP contribution in [0.2, 0.25) is 0 Å². The predicted molar refractivity (Wildman–Crippen MR) is 78.6 cm³/mol. The molecule has 2 saturated carbocycles. The Morgan fingerprint density at radius 2 is 2.10 bits per heavy atom. The molecule has 0 aliphatic heterocycles. The lowest BCUT2D eigenvalue weighted by atomic mass is 9.82. The van der Waals surface area contributed by atoms with Gasteiger partial charge in [-0.25, -0.2) is 0 Å². The lowest BCUT2D eigenvalue weighted by molar-refractivity contribution is 0.239. The van der Waals surface area contributed by atoms with E-state index in [0.29, 0.717) is 12.0 Å². The molecule has 2 atom stereocenters. The summed E-state index contributed by atoms with van der Waals surface area (Å²) in [6.07, 6.45) is 9.83. The van der Waals surface area contributed by atoms with E-state index in [2.05, 4.69) is 29.3 Å². The third kappa shape index (κ3) is 3.05. The summed E-state index contributed by atoms with van der Waals surface area (Å²) in [5.74, 6) is 2.44. The molecule has 0 bridgehead atoms. The van der Waals surface area contributed by atoms with Gasteiger partial charge in [-0.05, 0) is 44.6 Å². The maximum absolute atomic E-state index is 5.50. The highest BCUT2D eigenvalue weighted by Crippen LogP contribution is 2.46. The second kappa shape index (κ2) is 5.84. The van der Waals surface area contributed by atoms with Crippen molar-refractivity contribution >= 4 is 0 Å². The van der Waals surface area contributed by atoms with E-state index in [0.717, 1.165) is 24.7 Å². The van der Waals surface area contributed by atoms with Gasteiger partial charge in [0.2, 0.25) is 5.89 Å². The van der Waals surface area contributed by atoms with E-state index < -0.39 is 0 Å². The van der Waals surface area contributed by atoms with Crippen molar-refractivity contribution < 1.29 is 4.52 Å². The molecule has 1 aromatic heterocycles. The number of hydrogen-bond donors (Lipinski definition) is 1. The zero-order valence-electron chi connectivity index (χ0n) is 12.8. The van der Waals surface area contributed by atoms with Crippen LogP contribution in [-0.4, -0.2) is 22.7 Å². The molecule has 0 amide bonds. The van der Waals surface area contributed by atoms with Gasteiger partial charge in [-0.15, -0.1) is 0 Å². The van der Waals surface area contributed by atoms with Crippen molar-refractivity contribution in [3.8, 4) is 0 Å². The van der Waals surface area contributed by atoms with Crippen LogP contribution in [0, 0.1) is 5.92 Å². The van der Waals surface area contributed by atoms with Crippen molar-refractivity contribution in [1.82, 2.24) is 15.5 Å². The van der Waals surface area contributed by atoms with Crippen molar-refractivity contribution in [2.75, 3.05) is 6.54 Å². The van der Waals surface area contributed by atoms with Gasteiger partial charge < -0.3 is 9.84 Å². The smallest absolute Gasteiger partial charge is 0.226 e. The van der Waals surface area contributed by atoms with E-state index in [1.54, 1.807) is 0 Å². The zero-order valence-corrected chi connectivity index (χ0v) is 12.8. The molecule has 0 radical (unpaired) electrons. The quantitative estimate of drug-likeness (QED) is 0.867. The van der Waals surface area contributed by atoms with Gasteiger partial charge in [0, 0.05) is 17.9 Å². The molecule has 2 aliphatic carbocycles. The summed E-state index contributed by atoms with van der Waals surface area (Å²) in [7, 11) is 0. The average molecular weight is 277 g/mol. The van der Waals surface area contributed by atoms with Crippen LogP contribution in [0.4, 0.5) is 0 Å². The number of hydrogen-bond acceptors (Lipinski definition) is 4. The van der Waals surface area contributed by atoms with E-state index in [1.807, 2.05) is 0 Å². The number of nitrogens with zero attached hydrogens (tertiary/aromatic N) is 2. The number of rotatable bonds is 6. The number of nitrogens with one attached hydrogen (secondary N) is 1. The van der Waals surface area contributed by atoms with E-state index >= 15 is 0 Å². The molecular weight excluding hydrogens is 250 g/mol. The van der Waals surface area contributed by atoms with Crippen molar-refractivity contribution in [2.24, 2.45) is 5.92 Å². The summed E-state index contributed by atoms with van der Waals surface area (Å²) in [5, 5.41) is 7.90. The fourth-order valence-corrected chi connectivity index (χ4v) is 3.27. The molecule has 0 spiro atoms. The summed E-state index contributed by atoms with van der Waals surface area (Å²) in [4.78, 5) is 4.65. The summed E-state index contributed by atoms with van der Waals surface area (Å²) in [5.41, 5.74) is 0.216. The average Bonchev–Trinajstić information content (AvgIpc) is 3.02. The maximum Gasteiger partial charge on any atom is 0.226 e. The molecule has 3 rings (SSSR count). The largest absolute Gasteiger partial charge is 0.339 e. The highest BCUT2D eigenvalue weighted by Gasteiger charge is 2.43. The van der Waals surface area contributed by atoms with Crippen molar-refractivity contribution in [1.29, 1.82) is 0 Å². The van der Waals surface area contributed by atoms with Gasteiger partial charge in [0.25, 0.3) is 0 Å². The molecule has 0 aromatic carbocycles. The minimum absolute atomic E-state index is 0.216. The van der Waals surface area contributed by atoms with Crippen LogP contribution in [0.1, 0.15) is 70.5 Å². The van der Waals surface area contributed by atoms with Crippen LogP contribution in [-0.2, 0) is 11.8 Å². The van der Waals surface area contributed by atoms with Gasteiger partial charge in [-0.3, -0.25) is 0 Å². The molecule has 4 nitrogen and oxygen atoms in total. The van der Waals surface area contributed by atoms with E-state index in [1.165, 1.54) is 44.9 Å². The zero-order chi connectivity index (χ0) is 14.0. The molecule has 2 unspecified atom stereocenters. The second-order valence-electron chi connectivity index (χ2n) is 6.88. The van der Waals surface area contributed by atoms with E-state index in [4.69, 9.17) is 4.52 Å². The van der Waals surface area contributed by atoms with Crippen LogP contribution in [0.3, 0.4) is 0 Å². The van der Waals surface area contributed by atoms with Gasteiger partial charge in [0.15, 0.2) is 5.82 Å². The summed E-state index contributed by atoms with van der Waals surface area (Å²) in [6.45, 7) is 5.58. The van der Waals surface area contributed by atoms with Crippen molar-refractivity contribution in [2.45, 2.75) is 76.7 Å². The Hall–Kier alpha value is -0.900. The third-order valence-corrected chi connectivity index (χ3v) is 5.01. The third-order valence-electron chi connectivity index (χ3n) is 5.01. The molecule has 4 heteroatoms. The van der Waals surface area contributed by atoms with E-state index in [-0.39, 0.29) is 5.41 Å². The lowest BCUT2D eigenvalue weighted by Gasteiger charge is -2.31. The molecule has 1 heterocycles. The molecule has 1 N–H and O–H groups in total. The topological polar surface area (TPSA) is 51.0 Å². The first kappa shape index (κ1) is 14.1. The SMILES string of the molecule is CCCNC1CCCCC1Cc1nc(C2(C)CC2)no1. The molecular formula is C16H27N3O. The van der Waals surface area contributed by atoms with Crippen LogP contribution in [0.15, 0.2) is 4.52 Å². The first-order valence-electron chi connectivity index (χ1n) is 8.28. The van der Waals surface area contributed by atoms with Gasteiger partial charge in [-0.2, -0.15) is 4.98 Å². The highest BCUT2D eigenvalue weighted by molar-refractivity contribution is 5.14. The normalized spacial score (nSPS) is 28.5. The first-order chi connectivity index (χ1) is 9.71. The first-order valence-corrected chi connectivity index (χ1v) is 8.28. The minimum atomic E-state index is 0.216. The van der Waals surface area contributed by atoms with Gasteiger partial charge in [-0.1, -0.05) is 31.8 Å². The van der Waals surface area contributed by atoms with Crippen LogP contribution >= 0.6 is 0 Å². The molecule has 20 heavy (non-hydrogen) atoms. The molecule has 0 saturated heterocycles. The Labute approximate surface area is 121 Å². The lowest BCUT2D eigenvalue weighted by Crippen LogP contribution is -2.39. The summed E-state index contributed by atoms with van der Waals surface area (Å²) < 4.78 is 5.50. The van der Waals surface area contributed by atoms with Gasteiger partial charge in [0.05, 0.1) is 0 Å². The summed E-state index contributed by atoms with van der Waals surface area (Å²) in [6, 6.07) is 0.635. The predicted octanol–water partition coefficient (Wildman–Crippen LogP) is 3.22. The molecule has 1 aromatic rings. The highest BCUT2D eigenvalue weighted by atomic mass is 16.5. The van der Waals surface area contributed by atoms with Crippen LogP contribution < -0.4 is 5.32 Å². The minimum Gasteiger partial charge on any atom is -0.339 e.